The third kappa shape index (κ3) is 8.40. The molecule has 1 nitrogen and oxygen atoms in total. The normalized spacial score (nSPS) is 15.2. The summed E-state index contributed by atoms with van der Waals surface area (Å²) in [4.78, 5) is 2.56. The topological polar surface area (TPSA) is 3.24 Å². The first-order valence-corrected chi connectivity index (χ1v) is 24.0. The summed E-state index contributed by atoms with van der Waals surface area (Å²) in [6, 6.07) is 58.6. The number of fused-ring (bicyclic) bond motifs is 3. The van der Waals surface area contributed by atoms with Gasteiger partial charge >= 0.3 is 0 Å². The molecule has 2 aliphatic carbocycles. The highest BCUT2D eigenvalue weighted by atomic mass is 15.1. The Balaban J connectivity index is 1.16. The maximum Gasteiger partial charge on any atom is 0.0496 e. The maximum atomic E-state index is 2.56. The second kappa shape index (κ2) is 16.4. The van der Waals surface area contributed by atoms with Crippen LogP contribution in [0.15, 0.2) is 152 Å². The highest BCUT2D eigenvalue weighted by Gasteiger charge is 2.36. The Morgan fingerprint density at radius 1 is 0.406 bits per heavy atom. The van der Waals surface area contributed by atoms with Gasteiger partial charge in [0.25, 0.3) is 0 Å². The predicted molar refractivity (Wildman–Crippen MR) is 277 cm³/mol. The zero-order valence-electron chi connectivity index (χ0n) is 40.5. The third-order valence-electron chi connectivity index (χ3n) is 14.5. The molecular weight excluding hydrogens is 771 g/mol. The largest absolute Gasteiger partial charge is 0.310 e. The van der Waals surface area contributed by atoms with Crippen molar-refractivity contribution in [3.05, 3.63) is 185 Å². The summed E-state index contributed by atoms with van der Waals surface area (Å²) in [7, 11) is 0. The Morgan fingerprint density at radius 3 is 1.55 bits per heavy atom. The molecule has 64 heavy (non-hydrogen) atoms. The van der Waals surface area contributed by atoms with Crippen LogP contribution < -0.4 is 4.90 Å². The molecule has 9 rings (SSSR count). The lowest BCUT2D eigenvalue weighted by molar-refractivity contribution is 0.444. The molecule has 0 bridgehead atoms. The lowest BCUT2D eigenvalue weighted by atomic mass is 9.78. The molecule has 0 amide bonds. The van der Waals surface area contributed by atoms with Crippen LogP contribution in [0.25, 0.3) is 44.5 Å². The van der Waals surface area contributed by atoms with Crippen LogP contribution in [0.4, 0.5) is 17.1 Å². The van der Waals surface area contributed by atoms with E-state index in [2.05, 4.69) is 233 Å². The van der Waals surface area contributed by atoms with Gasteiger partial charge in [-0.3, -0.25) is 0 Å². The lowest BCUT2D eigenvalue weighted by Gasteiger charge is -2.32. The van der Waals surface area contributed by atoms with E-state index < -0.39 is 0 Å². The zero-order valence-corrected chi connectivity index (χ0v) is 40.5. The standard InChI is InChI=1S/C63H69N/c1-60(2,3)49-35-46(34-47(36-49)48-37-50(61(4,5)6)40-51(38-48)62(7,8)9)44-24-19-23-43(33-44)45-25-20-26-52(39-45)64(59-30-18-16-27-54(59)42-21-13-12-14-22-42)53-31-32-56-55-28-15-17-29-57(55)63(10,11)58(56)41-53/h15-20,23-42H,12-14,21-22H2,1-11H3. The molecule has 7 aromatic rings. The first-order valence-electron chi connectivity index (χ1n) is 24.0. The van der Waals surface area contributed by atoms with Crippen LogP contribution in [0.5, 0.6) is 0 Å². The van der Waals surface area contributed by atoms with Crippen LogP contribution in [0.3, 0.4) is 0 Å². The highest BCUT2D eigenvalue weighted by molar-refractivity contribution is 5.88. The van der Waals surface area contributed by atoms with Crippen molar-refractivity contribution in [2.24, 2.45) is 0 Å². The first-order chi connectivity index (χ1) is 30.4. The number of hydrogen-bond acceptors (Lipinski definition) is 1. The van der Waals surface area contributed by atoms with Crippen LogP contribution in [0.2, 0.25) is 0 Å². The monoisotopic (exact) mass is 840 g/mol. The average Bonchev–Trinajstić information content (AvgIpc) is 3.51. The summed E-state index contributed by atoms with van der Waals surface area (Å²) in [6.07, 6.45) is 6.45. The number of benzene rings is 7. The van der Waals surface area contributed by atoms with Crippen molar-refractivity contribution in [1.82, 2.24) is 0 Å². The van der Waals surface area contributed by atoms with Gasteiger partial charge < -0.3 is 4.90 Å². The van der Waals surface area contributed by atoms with E-state index in [1.54, 1.807) is 0 Å². The van der Waals surface area contributed by atoms with Gasteiger partial charge in [-0.25, -0.2) is 0 Å². The van der Waals surface area contributed by atoms with E-state index in [1.807, 2.05) is 0 Å². The quantitative estimate of drug-likeness (QED) is 0.155. The smallest absolute Gasteiger partial charge is 0.0496 e. The minimum Gasteiger partial charge on any atom is -0.310 e. The van der Waals surface area contributed by atoms with E-state index in [9.17, 15) is 0 Å². The summed E-state index contributed by atoms with van der Waals surface area (Å²) < 4.78 is 0. The molecule has 1 heteroatoms. The van der Waals surface area contributed by atoms with Crippen LogP contribution in [-0.2, 0) is 21.7 Å². The fourth-order valence-corrected chi connectivity index (χ4v) is 10.5. The molecule has 0 radical (unpaired) electrons. The van der Waals surface area contributed by atoms with E-state index in [0.717, 1.165) is 0 Å². The van der Waals surface area contributed by atoms with Gasteiger partial charge in [-0.05, 0) is 155 Å². The number of para-hydroxylation sites is 1. The Morgan fingerprint density at radius 2 is 0.891 bits per heavy atom. The minimum absolute atomic E-state index is 0.0157. The molecule has 0 aromatic heterocycles. The molecule has 0 atom stereocenters. The molecular formula is C63H69N. The third-order valence-corrected chi connectivity index (χ3v) is 14.5. The van der Waals surface area contributed by atoms with Gasteiger partial charge in [-0.15, -0.1) is 0 Å². The number of rotatable bonds is 7. The van der Waals surface area contributed by atoms with Crippen molar-refractivity contribution in [2.45, 2.75) is 136 Å². The van der Waals surface area contributed by atoms with Crippen LogP contribution >= 0.6 is 0 Å². The minimum atomic E-state index is -0.0901. The molecule has 0 aliphatic heterocycles. The molecule has 0 heterocycles. The van der Waals surface area contributed by atoms with Gasteiger partial charge in [0.05, 0.1) is 0 Å². The first kappa shape index (κ1) is 43.6. The summed E-state index contributed by atoms with van der Waals surface area (Å²) in [6.45, 7) is 25.8. The lowest BCUT2D eigenvalue weighted by Crippen LogP contribution is -2.18. The van der Waals surface area contributed by atoms with Crippen molar-refractivity contribution < 1.29 is 0 Å². The average molecular weight is 840 g/mol. The van der Waals surface area contributed by atoms with Crippen LogP contribution in [-0.4, -0.2) is 0 Å². The fraction of sp³-hybridized carbons (Fsp3) is 0.333. The van der Waals surface area contributed by atoms with Gasteiger partial charge in [0.1, 0.15) is 0 Å². The summed E-state index contributed by atoms with van der Waals surface area (Å²) in [5.74, 6) is 0.562. The molecule has 2 aliphatic rings. The maximum absolute atomic E-state index is 2.56. The Labute approximate surface area is 385 Å². The van der Waals surface area contributed by atoms with Gasteiger partial charge in [0.15, 0.2) is 0 Å². The molecule has 0 spiro atoms. The zero-order chi connectivity index (χ0) is 45.2. The Bertz CT molecular complexity index is 2810. The van der Waals surface area contributed by atoms with Gasteiger partial charge in [-0.1, -0.05) is 205 Å². The van der Waals surface area contributed by atoms with Crippen LogP contribution in [0, 0.1) is 0 Å². The summed E-state index contributed by atoms with van der Waals surface area (Å²) >= 11 is 0. The second-order valence-electron chi connectivity index (χ2n) is 22.6. The van der Waals surface area contributed by atoms with E-state index in [0.29, 0.717) is 5.92 Å². The summed E-state index contributed by atoms with van der Waals surface area (Å²) in [5, 5.41) is 0. The van der Waals surface area contributed by atoms with E-state index in [-0.39, 0.29) is 21.7 Å². The molecule has 0 N–H and O–H groups in total. The molecule has 1 fully saturated rings. The number of nitrogens with zero attached hydrogens (tertiary/aromatic N) is 1. The molecule has 1 saturated carbocycles. The van der Waals surface area contributed by atoms with Crippen molar-refractivity contribution in [2.75, 3.05) is 4.90 Å². The van der Waals surface area contributed by atoms with Gasteiger partial charge in [0, 0.05) is 22.5 Å². The molecule has 326 valence electrons. The van der Waals surface area contributed by atoms with E-state index >= 15 is 0 Å². The van der Waals surface area contributed by atoms with E-state index in [4.69, 9.17) is 0 Å². The van der Waals surface area contributed by atoms with E-state index in [1.165, 1.54) is 127 Å². The molecule has 0 unspecified atom stereocenters. The summed E-state index contributed by atoms with van der Waals surface area (Å²) in [5.41, 5.74) is 22.3. The van der Waals surface area contributed by atoms with Gasteiger partial charge in [0.2, 0.25) is 0 Å². The van der Waals surface area contributed by atoms with Crippen molar-refractivity contribution in [3.8, 4) is 44.5 Å². The van der Waals surface area contributed by atoms with Crippen LogP contribution in [0.1, 0.15) is 148 Å². The fourth-order valence-electron chi connectivity index (χ4n) is 10.5. The SMILES string of the molecule is CC(C)(C)c1cc(-c2cccc(-c3cccc(N(c4ccc5c(c4)C(C)(C)c4ccccc4-5)c4ccccc4C4CCCCC4)c3)c2)cc(-c2cc(C(C)(C)C)cc(C(C)(C)C)c2)c1. The predicted octanol–water partition coefficient (Wildman–Crippen LogP) is 18.4. The van der Waals surface area contributed by atoms with Crippen molar-refractivity contribution >= 4 is 17.1 Å². The highest BCUT2D eigenvalue weighted by Crippen LogP contribution is 2.52. The van der Waals surface area contributed by atoms with Gasteiger partial charge in [-0.2, -0.15) is 0 Å². The number of hydrogen-bond donors (Lipinski definition) is 0. The van der Waals surface area contributed by atoms with Crippen molar-refractivity contribution in [3.63, 3.8) is 0 Å². The Kier molecular flexibility index (Phi) is 11.2. The Hall–Kier alpha value is -5.66. The number of anilines is 3. The molecule has 0 saturated heterocycles. The van der Waals surface area contributed by atoms with Crippen molar-refractivity contribution in [1.29, 1.82) is 0 Å². The second-order valence-corrected chi connectivity index (χ2v) is 22.6. The molecule has 7 aromatic carbocycles.